The lowest BCUT2D eigenvalue weighted by atomic mass is 10.1. The molecule has 0 aromatic heterocycles. The van der Waals surface area contributed by atoms with E-state index >= 15 is 0 Å². The van der Waals surface area contributed by atoms with Gasteiger partial charge in [-0.3, -0.25) is 14.9 Å². The molecule has 88 valence electrons. The van der Waals surface area contributed by atoms with Gasteiger partial charge in [0.1, 0.15) is 0 Å². The summed E-state index contributed by atoms with van der Waals surface area (Å²) in [5, 5.41) is 2.35. The number of nitrogens with one attached hydrogen (secondary N) is 1. The van der Waals surface area contributed by atoms with Gasteiger partial charge in [0.15, 0.2) is 6.61 Å². The third kappa shape index (κ3) is 2.90. The number of aryl methyl sites for hydroxylation is 1. The van der Waals surface area contributed by atoms with Crippen molar-refractivity contribution in [3.8, 4) is 0 Å². The quantitative estimate of drug-likeness (QED) is 0.810. The highest BCUT2D eigenvalue weighted by Gasteiger charge is 2.18. The average molecular weight is 232 g/mol. The van der Waals surface area contributed by atoms with Crippen LogP contribution >= 0.6 is 0 Å². The molecule has 0 bridgehead atoms. The number of amidine groups is 1. The predicted octanol–water partition coefficient (Wildman–Crippen LogP) is 0.567. The van der Waals surface area contributed by atoms with E-state index in [2.05, 4.69) is 10.3 Å². The fourth-order valence-electron chi connectivity index (χ4n) is 1.51. The van der Waals surface area contributed by atoms with Gasteiger partial charge in [-0.1, -0.05) is 24.3 Å². The van der Waals surface area contributed by atoms with Crippen LogP contribution in [-0.4, -0.2) is 24.4 Å². The Bertz CT molecular complexity index is 494. The number of amides is 2. The number of carbonyl (C=O) groups is 2. The Labute approximate surface area is 98.5 Å². The molecule has 17 heavy (non-hydrogen) atoms. The van der Waals surface area contributed by atoms with Crippen LogP contribution in [0.4, 0.5) is 0 Å². The number of ether oxygens (including phenoxy) is 1. The highest BCUT2D eigenvalue weighted by molar-refractivity contribution is 6.04. The first-order valence-electron chi connectivity index (χ1n) is 5.24. The first-order valence-corrected chi connectivity index (χ1v) is 5.24. The van der Waals surface area contributed by atoms with Crippen molar-refractivity contribution in [3.05, 3.63) is 35.4 Å². The van der Waals surface area contributed by atoms with Crippen molar-refractivity contribution in [3.63, 3.8) is 0 Å². The zero-order chi connectivity index (χ0) is 12.3. The SMILES string of the molecule is Cc1ccccc1CC(=O)N=C1NC(=O)CO1. The Hall–Kier alpha value is -2.17. The molecule has 1 N–H and O–H groups in total. The predicted molar refractivity (Wildman–Crippen MR) is 61.4 cm³/mol. The van der Waals surface area contributed by atoms with E-state index in [4.69, 9.17) is 4.74 Å². The van der Waals surface area contributed by atoms with Crippen molar-refractivity contribution in [2.45, 2.75) is 13.3 Å². The molecule has 2 rings (SSSR count). The smallest absolute Gasteiger partial charge is 0.299 e. The van der Waals surface area contributed by atoms with Crippen LogP contribution in [0.2, 0.25) is 0 Å². The summed E-state index contributed by atoms with van der Waals surface area (Å²) in [5.74, 6) is -0.621. The number of hydrogen-bond acceptors (Lipinski definition) is 3. The van der Waals surface area contributed by atoms with E-state index in [1.807, 2.05) is 31.2 Å². The Morgan fingerprint density at radius 3 is 2.88 bits per heavy atom. The lowest BCUT2D eigenvalue weighted by Gasteiger charge is -2.02. The number of hydrogen-bond donors (Lipinski definition) is 1. The Morgan fingerprint density at radius 1 is 1.47 bits per heavy atom. The van der Waals surface area contributed by atoms with Crippen LogP contribution in [0.3, 0.4) is 0 Å². The molecule has 0 saturated carbocycles. The summed E-state index contributed by atoms with van der Waals surface area (Å²) in [5.41, 5.74) is 1.96. The van der Waals surface area contributed by atoms with Crippen molar-refractivity contribution in [1.82, 2.24) is 5.32 Å². The van der Waals surface area contributed by atoms with Crippen molar-refractivity contribution >= 4 is 17.8 Å². The van der Waals surface area contributed by atoms with E-state index in [0.29, 0.717) is 0 Å². The standard InChI is InChI=1S/C12H12N2O3/c1-8-4-2-3-5-9(8)6-10(15)13-12-14-11(16)7-17-12/h2-5H,6-7H2,1H3,(H,13,14,15,16). The molecule has 1 aliphatic rings. The highest BCUT2D eigenvalue weighted by atomic mass is 16.5. The minimum absolute atomic E-state index is 0.00594. The maximum absolute atomic E-state index is 11.6. The fraction of sp³-hybridized carbons (Fsp3) is 0.250. The topological polar surface area (TPSA) is 67.8 Å². The van der Waals surface area contributed by atoms with Gasteiger partial charge in [-0.15, -0.1) is 0 Å². The monoisotopic (exact) mass is 232 g/mol. The molecule has 5 heteroatoms. The van der Waals surface area contributed by atoms with E-state index in [-0.39, 0.29) is 30.9 Å². The number of benzene rings is 1. The summed E-state index contributed by atoms with van der Waals surface area (Å²) in [6.07, 6.45) is 0.204. The Balaban J connectivity index is 2.03. The maximum Gasteiger partial charge on any atom is 0.299 e. The normalized spacial score (nSPS) is 16.8. The molecular formula is C12H12N2O3. The second kappa shape index (κ2) is 4.78. The molecular weight excluding hydrogens is 220 g/mol. The fourth-order valence-corrected chi connectivity index (χ4v) is 1.51. The number of nitrogens with zero attached hydrogens (tertiary/aromatic N) is 1. The molecule has 1 aromatic rings. The molecule has 0 radical (unpaired) electrons. The van der Waals surface area contributed by atoms with Gasteiger partial charge in [0.2, 0.25) is 0 Å². The first-order chi connectivity index (χ1) is 8.15. The van der Waals surface area contributed by atoms with E-state index in [1.165, 1.54) is 0 Å². The summed E-state index contributed by atoms with van der Waals surface area (Å²) in [6, 6.07) is 7.59. The number of carbonyl (C=O) groups excluding carboxylic acids is 2. The molecule has 1 aromatic carbocycles. The van der Waals surface area contributed by atoms with Gasteiger partial charge in [0.25, 0.3) is 17.8 Å². The third-order valence-electron chi connectivity index (χ3n) is 2.42. The van der Waals surface area contributed by atoms with E-state index < -0.39 is 0 Å². The highest BCUT2D eigenvalue weighted by Crippen LogP contribution is 2.08. The lowest BCUT2D eigenvalue weighted by molar-refractivity contribution is -0.119. The zero-order valence-corrected chi connectivity index (χ0v) is 9.40. The summed E-state index contributed by atoms with van der Waals surface area (Å²) in [6.45, 7) is 1.86. The van der Waals surface area contributed by atoms with Gasteiger partial charge >= 0.3 is 0 Å². The molecule has 1 saturated heterocycles. The third-order valence-corrected chi connectivity index (χ3v) is 2.42. The van der Waals surface area contributed by atoms with Crippen molar-refractivity contribution in [2.75, 3.05) is 6.61 Å². The molecule has 2 amide bonds. The molecule has 5 nitrogen and oxygen atoms in total. The largest absolute Gasteiger partial charge is 0.455 e. The van der Waals surface area contributed by atoms with Crippen LogP contribution in [0.1, 0.15) is 11.1 Å². The lowest BCUT2D eigenvalue weighted by Crippen LogP contribution is -2.22. The molecule has 0 aliphatic carbocycles. The summed E-state index contributed by atoms with van der Waals surface area (Å²) >= 11 is 0. The minimum atomic E-state index is -0.337. The van der Waals surface area contributed by atoms with Crippen molar-refractivity contribution < 1.29 is 14.3 Å². The van der Waals surface area contributed by atoms with Gasteiger partial charge in [0.05, 0.1) is 6.42 Å². The molecule has 0 spiro atoms. The van der Waals surface area contributed by atoms with Crippen molar-refractivity contribution in [2.24, 2.45) is 4.99 Å². The van der Waals surface area contributed by atoms with Crippen LogP contribution in [0.25, 0.3) is 0 Å². The molecule has 0 atom stereocenters. The second-order valence-electron chi connectivity index (χ2n) is 3.75. The number of rotatable bonds is 2. The number of aliphatic imine (C=N–C) groups is 1. The Morgan fingerprint density at radius 2 is 2.24 bits per heavy atom. The van der Waals surface area contributed by atoms with Crippen LogP contribution in [0.5, 0.6) is 0 Å². The summed E-state index contributed by atoms with van der Waals surface area (Å²) in [4.78, 5) is 26.1. The van der Waals surface area contributed by atoms with Gasteiger partial charge in [-0.2, -0.15) is 4.99 Å². The average Bonchev–Trinajstić information content (AvgIpc) is 2.67. The van der Waals surface area contributed by atoms with Crippen LogP contribution in [0.15, 0.2) is 29.3 Å². The molecule has 1 fully saturated rings. The Kier molecular flexibility index (Phi) is 3.18. The zero-order valence-electron chi connectivity index (χ0n) is 9.40. The maximum atomic E-state index is 11.6. The molecule has 1 heterocycles. The van der Waals surface area contributed by atoms with Gasteiger partial charge in [0, 0.05) is 0 Å². The van der Waals surface area contributed by atoms with Gasteiger partial charge < -0.3 is 4.74 Å². The van der Waals surface area contributed by atoms with E-state index in [1.54, 1.807) is 0 Å². The van der Waals surface area contributed by atoms with E-state index in [0.717, 1.165) is 11.1 Å². The van der Waals surface area contributed by atoms with Crippen LogP contribution < -0.4 is 5.32 Å². The molecule has 0 unspecified atom stereocenters. The van der Waals surface area contributed by atoms with Crippen LogP contribution in [-0.2, 0) is 20.7 Å². The minimum Gasteiger partial charge on any atom is -0.455 e. The van der Waals surface area contributed by atoms with Gasteiger partial charge in [-0.05, 0) is 18.1 Å². The summed E-state index contributed by atoms with van der Waals surface area (Å²) < 4.78 is 4.87. The van der Waals surface area contributed by atoms with Crippen LogP contribution in [0, 0.1) is 6.92 Å². The summed E-state index contributed by atoms with van der Waals surface area (Å²) in [7, 11) is 0. The van der Waals surface area contributed by atoms with E-state index in [9.17, 15) is 9.59 Å². The first kappa shape index (κ1) is 11.3. The van der Waals surface area contributed by atoms with Crippen molar-refractivity contribution in [1.29, 1.82) is 0 Å². The van der Waals surface area contributed by atoms with Gasteiger partial charge in [-0.25, -0.2) is 0 Å². The second-order valence-corrected chi connectivity index (χ2v) is 3.75. The molecule has 1 aliphatic heterocycles.